The van der Waals surface area contributed by atoms with E-state index in [2.05, 4.69) is 0 Å². The molecule has 0 saturated carbocycles. The molecule has 1 heterocycles. The van der Waals surface area contributed by atoms with E-state index in [1.54, 1.807) is 6.07 Å². The lowest BCUT2D eigenvalue weighted by Gasteiger charge is -2.06. The zero-order chi connectivity index (χ0) is 16.6. The van der Waals surface area contributed by atoms with Gasteiger partial charge in [0.25, 0.3) is 0 Å². The second-order valence-electron chi connectivity index (χ2n) is 4.93. The number of carbonyl (C=O) groups is 2. The molecule has 0 radical (unpaired) electrons. The smallest absolute Gasteiger partial charge is 0.308 e. The molecule has 0 unspecified atom stereocenters. The van der Waals surface area contributed by atoms with Gasteiger partial charge >= 0.3 is 11.9 Å². The van der Waals surface area contributed by atoms with Crippen LogP contribution in [0.1, 0.15) is 13.8 Å². The van der Waals surface area contributed by atoms with Gasteiger partial charge in [0, 0.05) is 19.9 Å². The summed E-state index contributed by atoms with van der Waals surface area (Å²) in [5.41, 5.74) is 0.393. The van der Waals surface area contributed by atoms with Gasteiger partial charge in [-0.3, -0.25) is 14.4 Å². The highest BCUT2D eigenvalue weighted by atomic mass is 16.5. The third-order valence-corrected chi connectivity index (χ3v) is 3.14. The summed E-state index contributed by atoms with van der Waals surface area (Å²) >= 11 is 0. The van der Waals surface area contributed by atoms with Crippen LogP contribution >= 0.6 is 0 Å². The van der Waals surface area contributed by atoms with Crippen LogP contribution in [0.5, 0.6) is 11.5 Å². The van der Waals surface area contributed by atoms with Crippen molar-refractivity contribution in [2.75, 3.05) is 0 Å². The van der Waals surface area contributed by atoms with Gasteiger partial charge in [0.2, 0.25) is 5.43 Å². The first kappa shape index (κ1) is 14.8. The number of ether oxygens (including phenoxy) is 2. The maximum absolute atomic E-state index is 12.6. The predicted octanol–water partition coefficient (Wildman–Crippen LogP) is 2.80. The molecular formula is C17H12O6. The molecule has 0 aliphatic carbocycles. The molecular weight excluding hydrogens is 300 g/mol. The fourth-order valence-corrected chi connectivity index (χ4v) is 2.27. The number of hydrogen-bond donors (Lipinski definition) is 0. The Labute approximate surface area is 130 Å². The van der Waals surface area contributed by atoms with E-state index in [1.807, 2.05) is 0 Å². The lowest BCUT2D eigenvalue weighted by molar-refractivity contribution is -0.132. The highest BCUT2D eigenvalue weighted by Gasteiger charge is 2.11. The molecule has 23 heavy (non-hydrogen) atoms. The zero-order valence-corrected chi connectivity index (χ0v) is 12.4. The SMILES string of the molecule is CC(=O)Oc1ccc2c(=O)c3cc(OC(C)=O)ccc3oc2c1. The Morgan fingerprint density at radius 2 is 1.43 bits per heavy atom. The van der Waals surface area contributed by atoms with Gasteiger partial charge in [-0.25, -0.2) is 0 Å². The molecule has 0 spiro atoms. The van der Waals surface area contributed by atoms with Gasteiger partial charge in [-0.15, -0.1) is 0 Å². The Morgan fingerprint density at radius 3 is 2.09 bits per heavy atom. The highest BCUT2D eigenvalue weighted by Crippen LogP contribution is 2.25. The summed E-state index contributed by atoms with van der Waals surface area (Å²) in [5.74, 6) is -0.365. The number of hydrogen-bond acceptors (Lipinski definition) is 6. The van der Waals surface area contributed by atoms with Gasteiger partial charge < -0.3 is 13.9 Å². The van der Waals surface area contributed by atoms with Crippen molar-refractivity contribution in [3.63, 3.8) is 0 Å². The summed E-state index contributed by atoms with van der Waals surface area (Å²) in [6, 6.07) is 9.07. The number of fused-ring (bicyclic) bond motifs is 2. The average Bonchev–Trinajstić information content (AvgIpc) is 2.47. The fourth-order valence-electron chi connectivity index (χ4n) is 2.27. The van der Waals surface area contributed by atoms with Crippen molar-refractivity contribution in [2.45, 2.75) is 13.8 Å². The molecule has 0 aliphatic heterocycles. The van der Waals surface area contributed by atoms with Crippen LogP contribution in [0, 0.1) is 0 Å². The quantitative estimate of drug-likeness (QED) is 0.411. The summed E-state index contributed by atoms with van der Waals surface area (Å²) in [6.07, 6.45) is 0. The number of rotatable bonds is 2. The molecule has 3 aromatic rings. The first-order valence-electron chi connectivity index (χ1n) is 6.81. The van der Waals surface area contributed by atoms with E-state index in [9.17, 15) is 14.4 Å². The molecule has 0 atom stereocenters. The van der Waals surface area contributed by atoms with Crippen LogP contribution in [0.2, 0.25) is 0 Å². The van der Waals surface area contributed by atoms with Gasteiger partial charge in [0.1, 0.15) is 22.7 Å². The molecule has 116 valence electrons. The minimum absolute atomic E-state index is 0.260. The van der Waals surface area contributed by atoms with Crippen LogP contribution in [0.3, 0.4) is 0 Å². The normalized spacial score (nSPS) is 10.7. The summed E-state index contributed by atoms with van der Waals surface area (Å²) in [6.45, 7) is 2.57. The Bertz CT molecular complexity index is 999. The second kappa shape index (κ2) is 5.57. The third-order valence-electron chi connectivity index (χ3n) is 3.14. The first-order chi connectivity index (χ1) is 10.9. The standard InChI is InChI=1S/C17H12O6/c1-9(18)21-11-4-6-15-14(7-11)17(20)13-5-3-12(22-10(2)19)8-16(13)23-15/h3-8H,1-2H3. The van der Waals surface area contributed by atoms with Gasteiger partial charge in [0.15, 0.2) is 0 Å². The maximum atomic E-state index is 12.6. The monoisotopic (exact) mass is 312 g/mol. The predicted molar refractivity (Wildman–Crippen MR) is 82.6 cm³/mol. The van der Waals surface area contributed by atoms with Crippen LogP contribution in [0.15, 0.2) is 45.6 Å². The topological polar surface area (TPSA) is 82.8 Å². The molecule has 2 aromatic carbocycles. The van der Waals surface area contributed by atoms with Gasteiger partial charge in [-0.05, 0) is 30.3 Å². The molecule has 0 fully saturated rings. The van der Waals surface area contributed by atoms with E-state index in [1.165, 1.54) is 44.2 Å². The van der Waals surface area contributed by atoms with Crippen LogP contribution in [0.25, 0.3) is 21.9 Å². The highest BCUT2D eigenvalue weighted by molar-refractivity contribution is 5.91. The molecule has 0 aliphatic rings. The number of benzene rings is 2. The first-order valence-corrected chi connectivity index (χ1v) is 6.81. The van der Waals surface area contributed by atoms with Crippen molar-refractivity contribution < 1.29 is 23.5 Å². The maximum Gasteiger partial charge on any atom is 0.308 e. The van der Waals surface area contributed by atoms with Crippen molar-refractivity contribution >= 4 is 33.9 Å². The number of carbonyl (C=O) groups excluding carboxylic acids is 2. The van der Waals surface area contributed by atoms with E-state index >= 15 is 0 Å². The molecule has 0 N–H and O–H groups in total. The van der Waals surface area contributed by atoms with Gasteiger partial charge in [-0.1, -0.05) is 0 Å². The Kier molecular flexibility index (Phi) is 3.57. The van der Waals surface area contributed by atoms with E-state index < -0.39 is 11.9 Å². The minimum Gasteiger partial charge on any atom is -0.456 e. The zero-order valence-electron chi connectivity index (χ0n) is 12.4. The lowest BCUT2D eigenvalue weighted by Crippen LogP contribution is -2.05. The molecule has 1 aromatic heterocycles. The molecule has 0 bridgehead atoms. The largest absolute Gasteiger partial charge is 0.456 e. The van der Waals surface area contributed by atoms with Crippen molar-refractivity contribution in [2.24, 2.45) is 0 Å². The van der Waals surface area contributed by atoms with Crippen molar-refractivity contribution in [1.29, 1.82) is 0 Å². The van der Waals surface area contributed by atoms with Crippen molar-refractivity contribution in [3.05, 3.63) is 46.6 Å². The molecule has 6 heteroatoms. The Hall–Kier alpha value is -3.15. The molecule has 0 saturated heterocycles. The number of esters is 2. The second-order valence-corrected chi connectivity index (χ2v) is 4.93. The van der Waals surface area contributed by atoms with Crippen LogP contribution in [-0.2, 0) is 9.59 Å². The van der Waals surface area contributed by atoms with E-state index in [4.69, 9.17) is 13.9 Å². The van der Waals surface area contributed by atoms with E-state index in [-0.39, 0.29) is 11.2 Å². The molecule has 0 amide bonds. The van der Waals surface area contributed by atoms with Gasteiger partial charge in [-0.2, -0.15) is 0 Å². The molecule has 6 nitrogen and oxygen atoms in total. The summed E-state index contributed by atoms with van der Waals surface area (Å²) in [5, 5.41) is 0.643. The van der Waals surface area contributed by atoms with Gasteiger partial charge in [0.05, 0.1) is 10.8 Å². The van der Waals surface area contributed by atoms with Crippen molar-refractivity contribution in [1.82, 2.24) is 0 Å². The average molecular weight is 312 g/mol. The van der Waals surface area contributed by atoms with E-state index in [0.29, 0.717) is 27.7 Å². The van der Waals surface area contributed by atoms with Crippen LogP contribution < -0.4 is 14.9 Å². The van der Waals surface area contributed by atoms with Crippen molar-refractivity contribution in [3.8, 4) is 11.5 Å². The summed E-state index contributed by atoms with van der Waals surface area (Å²) < 4.78 is 15.6. The molecule has 3 rings (SSSR count). The Balaban J connectivity index is 2.20. The van der Waals surface area contributed by atoms with Crippen LogP contribution in [0.4, 0.5) is 0 Å². The van der Waals surface area contributed by atoms with E-state index in [0.717, 1.165) is 0 Å². The van der Waals surface area contributed by atoms with Crippen LogP contribution in [-0.4, -0.2) is 11.9 Å². The summed E-state index contributed by atoms with van der Waals surface area (Å²) in [7, 11) is 0. The lowest BCUT2D eigenvalue weighted by atomic mass is 10.1. The third kappa shape index (κ3) is 2.91. The Morgan fingerprint density at radius 1 is 0.826 bits per heavy atom. The minimum atomic E-state index is -0.472. The fraction of sp³-hybridized carbons (Fsp3) is 0.118. The summed E-state index contributed by atoms with van der Waals surface area (Å²) in [4.78, 5) is 34.6.